The van der Waals surface area contributed by atoms with E-state index in [-0.39, 0.29) is 17.7 Å². The van der Waals surface area contributed by atoms with Crippen LogP contribution in [0.2, 0.25) is 0 Å². The molecule has 1 aromatic rings. The molecule has 0 amide bonds. The number of aromatic nitrogens is 1. The Kier molecular flexibility index (Phi) is 3.96. The lowest BCUT2D eigenvalue weighted by Crippen LogP contribution is -1.99. The lowest BCUT2D eigenvalue weighted by atomic mass is 10.1. The molecule has 14 heavy (non-hydrogen) atoms. The molecule has 0 spiro atoms. The van der Waals surface area contributed by atoms with Gasteiger partial charge >= 0.3 is 0 Å². The van der Waals surface area contributed by atoms with Crippen molar-refractivity contribution in [2.45, 2.75) is 12.8 Å². The highest BCUT2D eigenvalue weighted by molar-refractivity contribution is 9.11. The lowest BCUT2D eigenvalue weighted by molar-refractivity contribution is 0.144. The van der Waals surface area contributed by atoms with E-state index in [9.17, 15) is 8.78 Å². The molecular weight excluding hydrogens is 322 g/mol. The molecule has 0 aliphatic carbocycles. The highest BCUT2D eigenvalue weighted by atomic mass is 79.9. The molecule has 1 heterocycles. The Balaban J connectivity index is 3.30. The molecule has 0 bridgehead atoms. The van der Waals surface area contributed by atoms with Crippen LogP contribution in [0.5, 0.6) is 0 Å². The van der Waals surface area contributed by atoms with Gasteiger partial charge in [0.25, 0.3) is 6.43 Å². The van der Waals surface area contributed by atoms with Gasteiger partial charge in [0.05, 0.1) is 12.5 Å². The summed E-state index contributed by atoms with van der Waals surface area (Å²) in [6, 6.07) is 3.36. The molecule has 0 aromatic carbocycles. The van der Waals surface area contributed by atoms with Gasteiger partial charge in [0.15, 0.2) is 0 Å². The zero-order valence-electron chi connectivity index (χ0n) is 6.77. The molecule has 0 saturated carbocycles. The van der Waals surface area contributed by atoms with E-state index in [0.29, 0.717) is 9.08 Å². The number of halogens is 4. The fourth-order valence-corrected chi connectivity index (χ4v) is 2.25. The van der Waals surface area contributed by atoms with Crippen LogP contribution in [-0.4, -0.2) is 4.98 Å². The van der Waals surface area contributed by atoms with Crippen molar-refractivity contribution in [2.24, 2.45) is 0 Å². The Hall–Kier alpha value is -0.540. The molecule has 0 N–H and O–H groups in total. The van der Waals surface area contributed by atoms with Crippen LogP contribution < -0.4 is 0 Å². The summed E-state index contributed by atoms with van der Waals surface area (Å²) >= 11 is 6.12. The largest absolute Gasteiger partial charge is 0.280 e. The molecule has 0 radical (unpaired) electrons. The van der Waals surface area contributed by atoms with Gasteiger partial charge in [0, 0.05) is 10.0 Å². The number of rotatable bonds is 2. The van der Waals surface area contributed by atoms with Crippen molar-refractivity contribution in [3.8, 4) is 6.07 Å². The molecule has 0 aliphatic rings. The van der Waals surface area contributed by atoms with E-state index in [4.69, 9.17) is 5.26 Å². The van der Waals surface area contributed by atoms with Gasteiger partial charge < -0.3 is 0 Å². The number of hydrogen-bond acceptors (Lipinski definition) is 2. The third-order valence-corrected chi connectivity index (χ3v) is 2.65. The van der Waals surface area contributed by atoms with Crippen LogP contribution in [0.3, 0.4) is 0 Å². The molecule has 1 aromatic heterocycles. The summed E-state index contributed by atoms with van der Waals surface area (Å²) in [6.07, 6.45) is -2.76. The Bertz CT molecular complexity index is 388. The van der Waals surface area contributed by atoms with Gasteiger partial charge in [-0.3, -0.25) is 0 Å². The summed E-state index contributed by atoms with van der Waals surface area (Å²) in [5, 5.41) is 8.46. The van der Waals surface area contributed by atoms with E-state index >= 15 is 0 Å². The third-order valence-electron chi connectivity index (χ3n) is 1.53. The summed E-state index contributed by atoms with van der Waals surface area (Å²) in [4.78, 5) is 3.64. The van der Waals surface area contributed by atoms with Gasteiger partial charge in [-0.15, -0.1) is 0 Å². The molecule has 2 nitrogen and oxygen atoms in total. The predicted molar refractivity (Wildman–Crippen MR) is 53.9 cm³/mol. The van der Waals surface area contributed by atoms with Gasteiger partial charge in [0.2, 0.25) is 0 Å². The van der Waals surface area contributed by atoms with Crippen molar-refractivity contribution >= 4 is 31.9 Å². The van der Waals surface area contributed by atoms with Gasteiger partial charge in [-0.2, -0.15) is 5.26 Å². The van der Waals surface area contributed by atoms with E-state index < -0.39 is 6.43 Å². The Morgan fingerprint density at radius 2 is 2.14 bits per heavy atom. The second-order valence-electron chi connectivity index (χ2n) is 2.43. The fraction of sp³-hybridized carbons (Fsp3) is 0.250. The second-order valence-corrected chi connectivity index (χ2v) is 4.09. The molecule has 0 fully saturated rings. The van der Waals surface area contributed by atoms with E-state index in [0.717, 1.165) is 0 Å². The van der Waals surface area contributed by atoms with E-state index in [1.54, 1.807) is 6.07 Å². The Morgan fingerprint density at radius 3 is 2.64 bits per heavy atom. The minimum Gasteiger partial charge on any atom is -0.240 e. The smallest absolute Gasteiger partial charge is 0.240 e. The maximum absolute atomic E-state index is 12.5. The number of pyridine rings is 1. The number of alkyl halides is 2. The quantitative estimate of drug-likeness (QED) is 0.779. The maximum Gasteiger partial charge on any atom is 0.280 e. The normalized spacial score (nSPS) is 10.3. The van der Waals surface area contributed by atoms with Crippen molar-refractivity contribution in [1.82, 2.24) is 4.98 Å². The van der Waals surface area contributed by atoms with Gasteiger partial charge in [-0.05, 0) is 22.0 Å². The SMILES string of the molecule is N#CCc1c(Br)cc(Br)nc1C(F)F. The zero-order valence-corrected chi connectivity index (χ0v) is 9.94. The lowest BCUT2D eigenvalue weighted by Gasteiger charge is -2.07. The van der Waals surface area contributed by atoms with Crippen LogP contribution in [0.15, 0.2) is 15.1 Å². The first kappa shape index (κ1) is 11.5. The van der Waals surface area contributed by atoms with Gasteiger partial charge in [-0.25, -0.2) is 13.8 Å². The summed E-state index contributed by atoms with van der Waals surface area (Å²) in [7, 11) is 0. The Labute approximate surface area is 96.2 Å². The van der Waals surface area contributed by atoms with Crippen LogP contribution in [0.4, 0.5) is 8.78 Å². The maximum atomic E-state index is 12.5. The van der Waals surface area contributed by atoms with Crippen molar-refractivity contribution in [3.05, 3.63) is 26.4 Å². The molecule has 0 aliphatic heterocycles. The monoisotopic (exact) mass is 324 g/mol. The van der Waals surface area contributed by atoms with Crippen LogP contribution >= 0.6 is 31.9 Å². The molecule has 74 valence electrons. The van der Waals surface area contributed by atoms with Gasteiger partial charge in [0.1, 0.15) is 10.3 Å². The average molecular weight is 326 g/mol. The van der Waals surface area contributed by atoms with Crippen molar-refractivity contribution in [2.75, 3.05) is 0 Å². The number of nitrogens with zero attached hydrogens (tertiary/aromatic N) is 2. The highest BCUT2D eigenvalue weighted by Gasteiger charge is 2.18. The summed E-state index contributed by atoms with van der Waals surface area (Å²) in [6.45, 7) is 0. The van der Waals surface area contributed by atoms with E-state index in [1.807, 2.05) is 6.07 Å². The fourth-order valence-electron chi connectivity index (χ4n) is 0.963. The molecular formula is C8H4Br2F2N2. The first-order valence-corrected chi connectivity index (χ1v) is 5.14. The van der Waals surface area contributed by atoms with Crippen molar-refractivity contribution in [1.29, 1.82) is 5.26 Å². The van der Waals surface area contributed by atoms with Crippen molar-refractivity contribution < 1.29 is 8.78 Å². The minimum absolute atomic E-state index is 0.0828. The Morgan fingerprint density at radius 1 is 1.50 bits per heavy atom. The molecule has 0 saturated heterocycles. The molecule has 0 unspecified atom stereocenters. The summed E-state index contributed by atoms with van der Waals surface area (Å²) < 4.78 is 25.8. The van der Waals surface area contributed by atoms with E-state index in [1.165, 1.54) is 0 Å². The van der Waals surface area contributed by atoms with Crippen LogP contribution in [-0.2, 0) is 6.42 Å². The van der Waals surface area contributed by atoms with Crippen LogP contribution in [0, 0.1) is 11.3 Å². The molecule has 1 rings (SSSR count). The van der Waals surface area contributed by atoms with Crippen LogP contribution in [0.25, 0.3) is 0 Å². The number of hydrogen-bond donors (Lipinski definition) is 0. The molecule has 6 heteroatoms. The first-order chi connectivity index (χ1) is 6.56. The minimum atomic E-state index is -2.67. The predicted octanol–water partition coefficient (Wildman–Crippen LogP) is 3.61. The summed E-state index contributed by atoms with van der Waals surface area (Å²) in [5.41, 5.74) is -0.112. The molecule has 0 atom stereocenters. The van der Waals surface area contributed by atoms with E-state index in [2.05, 4.69) is 36.8 Å². The van der Waals surface area contributed by atoms with Crippen LogP contribution in [0.1, 0.15) is 17.7 Å². The first-order valence-electron chi connectivity index (χ1n) is 3.56. The topological polar surface area (TPSA) is 36.7 Å². The standard InChI is InChI=1S/C8H4Br2F2N2/c9-5-3-6(10)14-7(8(11)12)4(5)1-2-13/h3,8H,1H2. The van der Waals surface area contributed by atoms with Crippen molar-refractivity contribution in [3.63, 3.8) is 0 Å². The highest BCUT2D eigenvalue weighted by Crippen LogP contribution is 2.29. The second kappa shape index (κ2) is 4.80. The third kappa shape index (κ3) is 2.49. The number of nitriles is 1. The van der Waals surface area contributed by atoms with Gasteiger partial charge in [-0.1, -0.05) is 15.9 Å². The average Bonchev–Trinajstić information content (AvgIpc) is 2.09. The summed E-state index contributed by atoms with van der Waals surface area (Å²) in [5.74, 6) is 0. The zero-order chi connectivity index (χ0) is 10.7.